The Hall–Kier alpha value is -3.17. The molecule has 0 atom stereocenters. The standard InChI is InChI=1S/C32H32BNS/c1-20-15-22(3)30(23(4)16-20)33(31-24(5)17-21(2)18-25(31)6)19-26-11-7-8-12-27(26)32-34(33)28-13-9-10-14-29(28)35-32/h7-18H,19H2,1-6H3. The van der Waals surface area contributed by atoms with E-state index in [9.17, 15) is 0 Å². The van der Waals surface area contributed by atoms with Gasteiger partial charge in [0.05, 0.1) is 10.3 Å². The van der Waals surface area contributed by atoms with Crippen LogP contribution < -0.4 is 15.4 Å². The lowest BCUT2D eigenvalue weighted by Crippen LogP contribution is -2.83. The van der Waals surface area contributed by atoms with Crippen molar-refractivity contribution in [2.24, 2.45) is 0 Å². The lowest BCUT2D eigenvalue weighted by atomic mass is 9.22. The number of thiazole rings is 1. The van der Waals surface area contributed by atoms with Crippen molar-refractivity contribution in [3.8, 4) is 10.6 Å². The number of aromatic nitrogens is 1. The summed E-state index contributed by atoms with van der Waals surface area (Å²) in [7, 11) is 0. The fourth-order valence-corrected chi connectivity index (χ4v) is 8.75. The van der Waals surface area contributed by atoms with Gasteiger partial charge in [-0.05, 0) is 53.7 Å². The van der Waals surface area contributed by atoms with E-state index in [0.29, 0.717) is 0 Å². The van der Waals surface area contributed by atoms with Crippen molar-refractivity contribution in [2.75, 3.05) is 0 Å². The molecule has 0 bridgehead atoms. The van der Waals surface area contributed by atoms with Crippen molar-refractivity contribution in [1.82, 2.24) is 0 Å². The third kappa shape index (κ3) is 3.18. The Kier molecular flexibility index (Phi) is 5.05. The van der Waals surface area contributed by atoms with E-state index >= 15 is 0 Å². The molecule has 0 radical (unpaired) electrons. The van der Waals surface area contributed by atoms with Crippen molar-refractivity contribution in [3.05, 3.63) is 112 Å². The third-order valence-electron chi connectivity index (χ3n) is 8.19. The van der Waals surface area contributed by atoms with Gasteiger partial charge in [-0.3, -0.25) is 0 Å². The van der Waals surface area contributed by atoms with Gasteiger partial charge in [-0.2, -0.15) is 0 Å². The van der Waals surface area contributed by atoms with Crippen molar-refractivity contribution >= 4 is 38.8 Å². The highest BCUT2D eigenvalue weighted by molar-refractivity contribution is 7.21. The molecule has 0 fully saturated rings. The van der Waals surface area contributed by atoms with Gasteiger partial charge in [0.25, 0.3) is 0 Å². The molecule has 1 aliphatic heterocycles. The van der Waals surface area contributed by atoms with E-state index in [1.54, 1.807) is 0 Å². The summed E-state index contributed by atoms with van der Waals surface area (Å²) in [5, 5.41) is 1.38. The number of para-hydroxylation sites is 1. The molecule has 35 heavy (non-hydrogen) atoms. The quantitative estimate of drug-likeness (QED) is 0.261. The minimum atomic E-state index is -1.31. The number of nitrogens with zero attached hydrogens (tertiary/aromatic N) is 1. The zero-order valence-corrected chi connectivity index (χ0v) is 22.4. The Morgan fingerprint density at radius 1 is 0.657 bits per heavy atom. The van der Waals surface area contributed by atoms with Crippen molar-refractivity contribution < 1.29 is 4.48 Å². The fraction of sp³-hybridized carbons (Fsp3) is 0.219. The molecule has 1 aliphatic rings. The van der Waals surface area contributed by atoms with E-state index < -0.39 is 6.28 Å². The summed E-state index contributed by atoms with van der Waals surface area (Å²) in [5.41, 5.74) is 15.5. The molecule has 0 unspecified atom stereocenters. The molecule has 0 amide bonds. The van der Waals surface area contributed by atoms with Gasteiger partial charge in [0, 0.05) is 6.07 Å². The molecule has 174 valence electrons. The highest BCUT2D eigenvalue weighted by atomic mass is 32.1. The van der Waals surface area contributed by atoms with Crippen molar-refractivity contribution in [3.63, 3.8) is 0 Å². The molecule has 0 aliphatic carbocycles. The van der Waals surface area contributed by atoms with Crippen LogP contribution in [0.5, 0.6) is 0 Å². The second-order valence-corrected chi connectivity index (χ2v) is 11.8. The molecule has 4 aromatic carbocycles. The van der Waals surface area contributed by atoms with Crippen LogP contribution in [0.1, 0.15) is 38.9 Å². The second-order valence-electron chi connectivity index (χ2n) is 10.7. The van der Waals surface area contributed by atoms with E-state index in [0.717, 1.165) is 6.32 Å². The Balaban J connectivity index is 1.88. The minimum absolute atomic E-state index is 1.00. The molecular weight excluding hydrogens is 441 g/mol. The van der Waals surface area contributed by atoms with Crippen LogP contribution in [0.15, 0.2) is 72.8 Å². The van der Waals surface area contributed by atoms with Crippen molar-refractivity contribution in [1.29, 1.82) is 0 Å². The summed E-state index contributed by atoms with van der Waals surface area (Å²) >= 11 is 1.94. The number of hydrogen-bond donors (Lipinski definition) is 0. The lowest BCUT2D eigenvalue weighted by molar-refractivity contribution is -0.497. The SMILES string of the molecule is Cc1cc(C)c([B-]2(c3c(C)cc(C)cc3C)Cc3ccccc3-c3sc4ccccc4[n+]32)c(C)c1. The minimum Gasteiger partial charge on any atom is -0.395 e. The van der Waals surface area contributed by atoms with Crippen LogP contribution in [0.3, 0.4) is 0 Å². The molecule has 0 saturated heterocycles. The predicted molar refractivity (Wildman–Crippen MR) is 153 cm³/mol. The van der Waals surface area contributed by atoms with Crippen LogP contribution in [0.2, 0.25) is 0 Å². The maximum Gasteiger partial charge on any atom is 0.339 e. The first-order valence-corrected chi connectivity index (χ1v) is 13.5. The molecule has 0 saturated carbocycles. The Morgan fingerprint density at radius 2 is 1.17 bits per heavy atom. The lowest BCUT2D eigenvalue weighted by Gasteiger charge is -2.43. The first-order valence-electron chi connectivity index (χ1n) is 12.7. The van der Waals surface area contributed by atoms with Gasteiger partial charge >= 0.3 is 6.28 Å². The number of fused-ring (bicyclic) bond motifs is 5. The molecule has 2 heterocycles. The normalized spacial score (nSPS) is 14.1. The van der Waals surface area contributed by atoms with E-state index in [2.05, 4.69) is 119 Å². The molecule has 1 nitrogen and oxygen atoms in total. The topological polar surface area (TPSA) is 3.88 Å². The largest absolute Gasteiger partial charge is 0.395 e. The third-order valence-corrected chi connectivity index (χ3v) is 9.36. The van der Waals surface area contributed by atoms with E-state index in [-0.39, 0.29) is 0 Å². The fourth-order valence-electron chi connectivity index (χ4n) is 7.44. The van der Waals surface area contributed by atoms with E-state index in [4.69, 9.17) is 0 Å². The Bertz CT molecular complexity index is 1540. The zero-order chi connectivity index (χ0) is 24.5. The summed E-state index contributed by atoms with van der Waals surface area (Å²) in [5.74, 6) is 0. The first kappa shape index (κ1) is 22.3. The van der Waals surface area contributed by atoms with Crippen LogP contribution in [0, 0.1) is 41.5 Å². The highest BCUT2D eigenvalue weighted by Crippen LogP contribution is 2.38. The van der Waals surface area contributed by atoms with E-state index in [1.807, 2.05) is 11.3 Å². The first-order chi connectivity index (χ1) is 16.8. The van der Waals surface area contributed by atoms with Gasteiger partial charge in [-0.15, -0.1) is 10.9 Å². The van der Waals surface area contributed by atoms with Crippen LogP contribution in [-0.2, 0) is 6.32 Å². The average molecular weight is 473 g/mol. The van der Waals surface area contributed by atoms with E-state index in [1.165, 1.54) is 70.7 Å². The molecule has 0 spiro atoms. The van der Waals surface area contributed by atoms with Crippen LogP contribution in [-0.4, -0.2) is 6.28 Å². The van der Waals surface area contributed by atoms with Gasteiger partial charge in [-0.25, -0.2) is 0 Å². The Labute approximate surface area is 213 Å². The highest BCUT2D eigenvalue weighted by Gasteiger charge is 2.50. The predicted octanol–water partition coefficient (Wildman–Crippen LogP) is 6.41. The van der Waals surface area contributed by atoms with Crippen molar-refractivity contribution in [2.45, 2.75) is 47.9 Å². The molecule has 0 N–H and O–H groups in total. The van der Waals surface area contributed by atoms with Gasteiger partial charge in [0.15, 0.2) is 5.52 Å². The molecule has 5 aromatic rings. The summed E-state index contributed by atoms with van der Waals surface area (Å²) in [6.45, 7) is 13.8. The summed E-state index contributed by atoms with van der Waals surface area (Å²) in [4.78, 5) is 0. The zero-order valence-electron chi connectivity index (χ0n) is 21.6. The monoisotopic (exact) mass is 473 g/mol. The molecular formula is C32H32BNS. The van der Waals surface area contributed by atoms with Crippen LogP contribution in [0.25, 0.3) is 20.8 Å². The molecule has 6 rings (SSSR count). The number of rotatable bonds is 2. The van der Waals surface area contributed by atoms with Gasteiger partial charge < -0.3 is 4.48 Å². The number of aryl methyl sites for hydroxylation is 6. The smallest absolute Gasteiger partial charge is 0.339 e. The van der Waals surface area contributed by atoms with Gasteiger partial charge in [0.1, 0.15) is 0 Å². The number of benzene rings is 4. The average Bonchev–Trinajstić information content (AvgIpc) is 3.18. The number of hydrogen-bond acceptors (Lipinski definition) is 1. The van der Waals surface area contributed by atoms with Crippen LogP contribution >= 0.6 is 11.3 Å². The summed E-state index contributed by atoms with van der Waals surface area (Å²) in [6, 6.07) is 27.6. The van der Waals surface area contributed by atoms with Gasteiger partial charge in [0.2, 0.25) is 5.01 Å². The van der Waals surface area contributed by atoms with Crippen LogP contribution in [0.4, 0.5) is 0 Å². The Morgan fingerprint density at radius 3 is 1.77 bits per heavy atom. The molecule has 3 heteroatoms. The molecule has 1 aromatic heterocycles. The maximum atomic E-state index is 2.76. The second kappa shape index (κ2) is 7.93. The van der Waals surface area contributed by atoms with Gasteiger partial charge in [-0.1, -0.05) is 111 Å². The summed E-state index contributed by atoms with van der Waals surface area (Å²) < 4.78 is 4.12. The maximum absolute atomic E-state index is 2.76. The summed E-state index contributed by atoms with van der Waals surface area (Å²) in [6.07, 6.45) is -0.308.